The molecule has 0 amide bonds. The third-order valence-electron chi connectivity index (χ3n) is 2.50. The molecule has 1 unspecified atom stereocenters. The highest BCUT2D eigenvalue weighted by molar-refractivity contribution is 5.24. The van der Waals surface area contributed by atoms with E-state index in [0.717, 1.165) is 6.42 Å². The SMILES string of the molecule is Cc1ccc(C(CC(C)(C)C)NN)cc1. The molecule has 0 bridgehead atoms. The molecule has 0 saturated carbocycles. The molecule has 1 aromatic carbocycles. The highest BCUT2D eigenvalue weighted by Crippen LogP contribution is 2.28. The van der Waals surface area contributed by atoms with Gasteiger partial charge in [0.15, 0.2) is 0 Å². The molecule has 0 aromatic heterocycles. The maximum atomic E-state index is 5.60. The molecular formula is C13H22N2. The Bertz CT molecular complexity index is 295. The molecule has 0 aliphatic rings. The molecule has 0 spiro atoms. The molecule has 15 heavy (non-hydrogen) atoms. The molecule has 2 nitrogen and oxygen atoms in total. The first-order chi connectivity index (χ1) is 6.92. The Morgan fingerprint density at radius 3 is 2.13 bits per heavy atom. The van der Waals surface area contributed by atoms with Crippen LogP contribution in [0.5, 0.6) is 0 Å². The van der Waals surface area contributed by atoms with Gasteiger partial charge in [-0.2, -0.15) is 0 Å². The second kappa shape index (κ2) is 4.77. The third kappa shape index (κ3) is 4.02. The van der Waals surface area contributed by atoms with Crippen LogP contribution in [0, 0.1) is 12.3 Å². The average molecular weight is 206 g/mol. The lowest BCUT2D eigenvalue weighted by Gasteiger charge is -2.25. The van der Waals surface area contributed by atoms with Gasteiger partial charge in [-0.15, -0.1) is 0 Å². The van der Waals surface area contributed by atoms with Crippen LogP contribution in [-0.4, -0.2) is 0 Å². The summed E-state index contributed by atoms with van der Waals surface area (Å²) in [6.07, 6.45) is 1.03. The van der Waals surface area contributed by atoms with Crippen LogP contribution in [0.4, 0.5) is 0 Å². The highest BCUT2D eigenvalue weighted by atomic mass is 15.2. The van der Waals surface area contributed by atoms with Crippen LogP contribution < -0.4 is 11.3 Å². The predicted octanol–water partition coefficient (Wildman–Crippen LogP) is 2.94. The van der Waals surface area contributed by atoms with E-state index in [1.54, 1.807) is 0 Å². The molecule has 3 N–H and O–H groups in total. The van der Waals surface area contributed by atoms with E-state index in [0.29, 0.717) is 0 Å². The fourth-order valence-corrected chi connectivity index (χ4v) is 1.68. The van der Waals surface area contributed by atoms with Crippen LogP contribution in [0.2, 0.25) is 0 Å². The molecule has 2 heteroatoms. The maximum absolute atomic E-state index is 5.60. The molecular weight excluding hydrogens is 184 g/mol. The fourth-order valence-electron chi connectivity index (χ4n) is 1.68. The van der Waals surface area contributed by atoms with Crippen molar-refractivity contribution in [1.82, 2.24) is 5.43 Å². The summed E-state index contributed by atoms with van der Waals surface area (Å²) in [5.74, 6) is 5.60. The van der Waals surface area contributed by atoms with Crippen LogP contribution in [0.1, 0.15) is 44.4 Å². The topological polar surface area (TPSA) is 38.0 Å². The van der Waals surface area contributed by atoms with Crippen LogP contribution in [0.25, 0.3) is 0 Å². The zero-order valence-electron chi connectivity index (χ0n) is 10.2. The van der Waals surface area contributed by atoms with Gasteiger partial charge >= 0.3 is 0 Å². The molecule has 0 aliphatic carbocycles. The van der Waals surface area contributed by atoms with Gasteiger partial charge in [0, 0.05) is 6.04 Å². The summed E-state index contributed by atoms with van der Waals surface area (Å²) >= 11 is 0. The van der Waals surface area contributed by atoms with Crippen LogP contribution >= 0.6 is 0 Å². The minimum absolute atomic E-state index is 0.241. The number of benzene rings is 1. The Morgan fingerprint density at radius 2 is 1.73 bits per heavy atom. The zero-order valence-corrected chi connectivity index (χ0v) is 10.2. The van der Waals surface area contributed by atoms with E-state index in [4.69, 9.17) is 5.84 Å². The van der Waals surface area contributed by atoms with Gasteiger partial charge in [-0.25, -0.2) is 0 Å². The van der Waals surface area contributed by atoms with Crippen molar-refractivity contribution in [2.45, 2.75) is 40.2 Å². The van der Waals surface area contributed by atoms with Crippen molar-refractivity contribution in [2.75, 3.05) is 0 Å². The minimum atomic E-state index is 0.241. The lowest BCUT2D eigenvalue weighted by Crippen LogP contribution is -2.31. The Balaban J connectivity index is 2.79. The van der Waals surface area contributed by atoms with Crippen molar-refractivity contribution < 1.29 is 0 Å². The van der Waals surface area contributed by atoms with E-state index in [-0.39, 0.29) is 11.5 Å². The second-order valence-electron chi connectivity index (χ2n) is 5.39. The Kier molecular flexibility index (Phi) is 3.89. The standard InChI is InChI=1S/C13H22N2/c1-10-5-7-11(8-6-10)12(15-14)9-13(2,3)4/h5-8,12,15H,9,14H2,1-4H3. The summed E-state index contributed by atoms with van der Waals surface area (Å²) in [4.78, 5) is 0. The first-order valence-corrected chi connectivity index (χ1v) is 5.45. The van der Waals surface area contributed by atoms with E-state index in [9.17, 15) is 0 Å². The predicted molar refractivity (Wildman–Crippen MR) is 65.3 cm³/mol. The molecule has 1 atom stereocenters. The van der Waals surface area contributed by atoms with E-state index in [1.165, 1.54) is 11.1 Å². The van der Waals surface area contributed by atoms with Crippen LogP contribution in [0.3, 0.4) is 0 Å². The molecule has 0 heterocycles. The van der Waals surface area contributed by atoms with E-state index < -0.39 is 0 Å². The molecule has 84 valence electrons. The number of rotatable bonds is 3. The monoisotopic (exact) mass is 206 g/mol. The summed E-state index contributed by atoms with van der Waals surface area (Å²) in [5.41, 5.74) is 5.72. The van der Waals surface area contributed by atoms with Crippen LogP contribution in [-0.2, 0) is 0 Å². The highest BCUT2D eigenvalue weighted by Gasteiger charge is 2.18. The normalized spacial score (nSPS) is 13.9. The van der Waals surface area contributed by atoms with Crippen molar-refractivity contribution in [3.63, 3.8) is 0 Å². The quantitative estimate of drug-likeness (QED) is 0.589. The molecule has 1 rings (SSSR count). The Morgan fingerprint density at radius 1 is 1.20 bits per heavy atom. The molecule has 0 fully saturated rings. The van der Waals surface area contributed by atoms with Gasteiger partial charge < -0.3 is 0 Å². The summed E-state index contributed by atoms with van der Waals surface area (Å²) in [5, 5.41) is 0. The van der Waals surface area contributed by atoms with E-state index in [1.807, 2.05) is 0 Å². The number of nitrogens with one attached hydrogen (secondary N) is 1. The number of nitrogens with two attached hydrogens (primary N) is 1. The summed E-state index contributed by atoms with van der Waals surface area (Å²) in [6, 6.07) is 8.78. The van der Waals surface area contributed by atoms with Crippen molar-refractivity contribution in [3.8, 4) is 0 Å². The third-order valence-corrected chi connectivity index (χ3v) is 2.50. The van der Waals surface area contributed by atoms with Crippen molar-refractivity contribution in [2.24, 2.45) is 11.3 Å². The lowest BCUT2D eigenvalue weighted by molar-refractivity contribution is 0.313. The average Bonchev–Trinajstić information content (AvgIpc) is 2.14. The van der Waals surface area contributed by atoms with E-state index in [2.05, 4.69) is 57.4 Å². The van der Waals surface area contributed by atoms with Gasteiger partial charge in [-0.05, 0) is 24.3 Å². The summed E-state index contributed by atoms with van der Waals surface area (Å²) in [6.45, 7) is 8.78. The van der Waals surface area contributed by atoms with Gasteiger partial charge in [0.1, 0.15) is 0 Å². The van der Waals surface area contributed by atoms with E-state index >= 15 is 0 Å². The van der Waals surface area contributed by atoms with Crippen molar-refractivity contribution in [1.29, 1.82) is 0 Å². The van der Waals surface area contributed by atoms with Gasteiger partial charge in [-0.1, -0.05) is 50.6 Å². The molecule has 0 radical (unpaired) electrons. The number of hydrogen-bond donors (Lipinski definition) is 2. The maximum Gasteiger partial charge on any atom is 0.0464 e. The molecule has 0 saturated heterocycles. The van der Waals surface area contributed by atoms with Gasteiger partial charge in [0.05, 0.1) is 0 Å². The number of hydrogen-bond acceptors (Lipinski definition) is 2. The smallest absolute Gasteiger partial charge is 0.0464 e. The minimum Gasteiger partial charge on any atom is -0.271 e. The first kappa shape index (κ1) is 12.2. The van der Waals surface area contributed by atoms with Gasteiger partial charge in [0.2, 0.25) is 0 Å². The first-order valence-electron chi connectivity index (χ1n) is 5.45. The number of hydrazine groups is 1. The molecule has 1 aromatic rings. The largest absolute Gasteiger partial charge is 0.271 e. The lowest BCUT2D eigenvalue weighted by atomic mass is 9.85. The Labute approximate surface area is 92.8 Å². The molecule has 0 aliphatic heterocycles. The Hall–Kier alpha value is -0.860. The van der Waals surface area contributed by atoms with Gasteiger partial charge in [-0.3, -0.25) is 11.3 Å². The fraction of sp³-hybridized carbons (Fsp3) is 0.538. The summed E-state index contributed by atoms with van der Waals surface area (Å²) in [7, 11) is 0. The second-order valence-corrected chi connectivity index (χ2v) is 5.39. The van der Waals surface area contributed by atoms with Gasteiger partial charge in [0.25, 0.3) is 0 Å². The van der Waals surface area contributed by atoms with Crippen molar-refractivity contribution >= 4 is 0 Å². The zero-order chi connectivity index (χ0) is 11.5. The summed E-state index contributed by atoms with van der Waals surface area (Å²) < 4.78 is 0. The van der Waals surface area contributed by atoms with Crippen molar-refractivity contribution in [3.05, 3.63) is 35.4 Å². The number of aryl methyl sites for hydroxylation is 1. The van der Waals surface area contributed by atoms with Crippen LogP contribution in [0.15, 0.2) is 24.3 Å².